The number of anilines is 3. The Balaban J connectivity index is 1.40. The summed E-state index contributed by atoms with van der Waals surface area (Å²) in [6.07, 6.45) is 3.49. The maximum Gasteiger partial charge on any atom is 0.257 e. The van der Waals surface area contributed by atoms with Gasteiger partial charge in [-0.05, 0) is 67.4 Å². The van der Waals surface area contributed by atoms with Crippen molar-refractivity contribution in [2.75, 3.05) is 40.5 Å². The van der Waals surface area contributed by atoms with Gasteiger partial charge in [0.25, 0.3) is 15.9 Å². The van der Waals surface area contributed by atoms with Crippen LogP contribution in [0.5, 0.6) is 0 Å². The van der Waals surface area contributed by atoms with Crippen molar-refractivity contribution in [3.8, 4) is 0 Å². The van der Waals surface area contributed by atoms with Gasteiger partial charge in [-0.2, -0.15) is 0 Å². The average Bonchev–Trinajstić information content (AvgIpc) is 3.09. The maximum atomic E-state index is 13.1. The predicted molar refractivity (Wildman–Crippen MR) is 126 cm³/mol. The van der Waals surface area contributed by atoms with Crippen LogP contribution in [-0.2, 0) is 10.0 Å². The van der Waals surface area contributed by atoms with Crippen LogP contribution in [0.4, 0.5) is 17.1 Å². The number of hydrogen-bond acceptors (Lipinski definition) is 6. The highest BCUT2D eigenvalue weighted by molar-refractivity contribution is 8.15. The van der Waals surface area contributed by atoms with E-state index in [2.05, 4.69) is 14.6 Å². The van der Waals surface area contributed by atoms with Crippen LogP contribution in [0.15, 0.2) is 45.7 Å². The lowest BCUT2D eigenvalue weighted by molar-refractivity contribution is 0.102. The fourth-order valence-corrected chi connectivity index (χ4v) is 6.55. The molecule has 7 nitrogen and oxygen atoms in total. The molecule has 0 aliphatic carbocycles. The normalized spacial score (nSPS) is 19.5. The molecule has 0 spiro atoms. The molecule has 31 heavy (non-hydrogen) atoms. The SMILES string of the molecule is O=C(Nc1cc(Cl)ccc1N1CCCCC1)c1ccc2c(c1)SC1=NS(=O)(=O)CCN12. The molecule has 2 aromatic carbocycles. The minimum atomic E-state index is -3.41. The molecule has 1 N–H and O–H groups in total. The van der Waals surface area contributed by atoms with Crippen LogP contribution in [0, 0.1) is 0 Å². The van der Waals surface area contributed by atoms with Crippen LogP contribution < -0.4 is 15.1 Å². The number of nitrogens with zero attached hydrogens (tertiary/aromatic N) is 3. The molecule has 0 unspecified atom stereocenters. The Morgan fingerprint density at radius 2 is 1.81 bits per heavy atom. The molecule has 0 saturated carbocycles. The number of carbonyl (C=O) groups excluding carboxylic acids is 1. The number of amidine groups is 1. The van der Waals surface area contributed by atoms with Gasteiger partial charge < -0.3 is 15.1 Å². The third-order valence-electron chi connectivity index (χ3n) is 5.64. The minimum absolute atomic E-state index is 0.00716. The number of hydrogen-bond donors (Lipinski definition) is 1. The third kappa shape index (κ3) is 4.14. The van der Waals surface area contributed by atoms with Crippen LogP contribution >= 0.6 is 23.4 Å². The molecule has 162 valence electrons. The Hall–Kier alpha value is -2.23. The second-order valence-corrected chi connectivity index (χ2v) is 11.0. The van der Waals surface area contributed by atoms with Gasteiger partial charge in [0.05, 0.1) is 22.8 Å². The first-order valence-corrected chi connectivity index (χ1v) is 13.0. The quantitative estimate of drug-likeness (QED) is 0.715. The zero-order valence-corrected chi connectivity index (χ0v) is 19.1. The van der Waals surface area contributed by atoms with E-state index in [1.807, 2.05) is 23.1 Å². The fourth-order valence-electron chi connectivity index (χ4n) is 4.09. The summed E-state index contributed by atoms with van der Waals surface area (Å²) < 4.78 is 27.5. The van der Waals surface area contributed by atoms with Crippen molar-refractivity contribution in [1.82, 2.24) is 0 Å². The minimum Gasteiger partial charge on any atom is -0.370 e. The fraction of sp³-hybridized carbons (Fsp3) is 0.333. The molecule has 10 heteroatoms. The van der Waals surface area contributed by atoms with Crippen molar-refractivity contribution >= 4 is 61.5 Å². The molecule has 5 rings (SSSR count). The molecule has 1 amide bonds. The summed E-state index contributed by atoms with van der Waals surface area (Å²) in [7, 11) is -3.41. The smallest absolute Gasteiger partial charge is 0.257 e. The van der Waals surface area contributed by atoms with E-state index in [1.54, 1.807) is 18.2 Å². The molecule has 0 bridgehead atoms. The summed E-state index contributed by atoms with van der Waals surface area (Å²) in [5.41, 5.74) is 3.05. The second-order valence-electron chi connectivity index (χ2n) is 7.76. The van der Waals surface area contributed by atoms with Crippen LogP contribution in [0.3, 0.4) is 0 Å². The van der Waals surface area contributed by atoms with Gasteiger partial charge in [-0.25, -0.2) is 8.42 Å². The number of halogens is 1. The summed E-state index contributed by atoms with van der Waals surface area (Å²) in [4.78, 5) is 18.0. The van der Waals surface area contributed by atoms with E-state index >= 15 is 0 Å². The highest BCUT2D eigenvalue weighted by Crippen LogP contribution is 2.42. The van der Waals surface area contributed by atoms with E-state index in [-0.39, 0.29) is 11.7 Å². The molecule has 2 aromatic rings. The zero-order chi connectivity index (χ0) is 21.6. The number of carbonyl (C=O) groups is 1. The number of piperidine rings is 1. The van der Waals surface area contributed by atoms with Crippen molar-refractivity contribution in [2.45, 2.75) is 24.2 Å². The Morgan fingerprint density at radius 3 is 2.61 bits per heavy atom. The third-order valence-corrected chi connectivity index (χ3v) is 8.18. The lowest BCUT2D eigenvalue weighted by Gasteiger charge is -2.30. The number of rotatable bonds is 3. The van der Waals surface area contributed by atoms with Crippen molar-refractivity contribution < 1.29 is 13.2 Å². The molecule has 1 saturated heterocycles. The Morgan fingerprint density at radius 1 is 1.03 bits per heavy atom. The standard InChI is InChI=1S/C21H21ClN4O3S2/c22-15-5-7-17(25-8-2-1-3-9-25)16(13-15)23-20(27)14-4-6-18-19(12-14)30-21-24-31(28,29)11-10-26(18)21/h4-7,12-13H,1-3,8-11H2,(H,23,27). The molecular formula is C21H21ClN4O3S2. The first kappa shape index (κ1) is 20.7. The van der Waals surface area contributed by atoms with E-state index in [9.17, 15) is 13.2 Å². The lowest BCUT2D eigenvalue weighted by atomic mass is 10.1. The molecule has 0 aromatic heterocycles. The number of sulfonamides is 1. The van der Waals surface area contributed by atoms with Crippen LogP contribution in [0.1, 0.15) is 29.6 Å². The van der Waals surface area contributed by atoms with Crippen molar-refractivity contribution in [1.29, 1.82) is 0 Å². The molecule has 3 aliphatic heterocycles. The van der Waals surface area contributed by atoms with Crippen molar-refractivity contribution in [3.05, 3.63) is 47.0 Å². The summed E-state index contributed by atoms with van der Waals surface area (Å²) in [6, 6.07) is 11.0. The van der Waals surface area contributed by atoms with Crippen molar-refractivity contribution in [2.24, 2.45) is 4.40 Å². The van der Waals surface area contributed by atoms with Crippen LogP contribution in [0.25, 0.3) is 0 Å². The second kappa shape index (κ2) is 8.03. The maximum absolute atomic E-state index is 13.1. The Labute approximate surface area is 190 Å². The van der Waals surface area contributed by atoms with E-state index in [4.69, 9.17) is 11.6 Å². The van der Waals surface area contributed by atoms with E-state index < -0.39 is 10.0 Å². The molecular weight excluding hydrogens is 456 g/mol. The Bertz CT molecular complexity index is 1190. The lowest BCUT2D eigenvalue weighted by Crippen LogP contribution is -2.35. The first-order valence-electron chi connectivity index (χ1n) is 10.2. The number of nitrogens with one attached hydrogen (secondary N) is 1. The van der Waals surface area contributed by atoms with Gasteiger partial charge in [0.2, 0.25) is 0 Å². The van der Waals surface area contributed by atoms with Crippen LogP contribution in [-0.4, -0.2) is 44.9 Å². The van der Waals surface area contributed by atoms with E-state index in [0.29, 0.717) is 28.0 Å². The van der Waals surface area contributed by atoms with E-state index in [1.165, 1.54) is 18.2 Å². The molecule has 3 heterocycles. The van der Waals surface area contributed by atoms with Crippen molar-refractivity contribution in [3.63, 3.8) is 0 Å². The van der Waals surface area contributed by atoms with Gasteiger partial charge in [-0.15, -0.1) is 4.40 Å². The Kier molecular flexibility index (Phi) is 5.35. The molecule has 0 radical (unpaired) electrons. The largest absolute Gasteiger partial charge is 0.370 e. The topological polar surface area (TPSA) is 82.1 Å². The summed E-state index contributed by atoms with van der Waals surface area (Å²) in [5.74, 6) is -0.240. The summed E-state index contributed by atoms with van der Waals surface area (Å²) in [5, 5.41) is 4.03. The average molecular weight is 477 g/mol. The van der Waals surface area contributed by atoms with Gasteiger partial charge in [0.15, 0.2) is 5.17 Å². The first-order chi connectivity index (χ1) is 14.9. The summed E-state index contributed by atoms with van der Waals surface area (Å²) in [6.45, 7) is 2.29. The predicted octanol–water partition coefficient (Wildman–Crippen LogP) is 4.19. The highest BCUT2D eigenvalue weighted by Gasteiger charge is 2.33. The van der Waals surface area contributed by atoms with E-state index in [0.717, 1.165) is 42.2 Å². The van der Waals surface area contributed by atoms with Gasteiger partial charge in [-0.1, -0.05) is 11.6 Å². The number of benzene rings is 2. The molecule has 1 fully saturated rings. The monoisotopic (exact) mass is 476 g/mol. The van der Waals surface area contributed by atoms with Gasteiger partial charge in [0, 0.05) is 35.1 Å². The number of fused-ring (bicyclic) bond motifs is 3. The highest BCUT2D eigenvalue weighted by atomic mass is 35.5. The number of thioether (sulfide) groups is 1. The zero-order valence-electron chi connectivity index (χ0n) is 16.7. The van der Waals surface area contributed by atoms with Gasteiger partial charge in [0.1, 0.15) is 0 Å². The number of amides is 1. The van der Waals surface area contributed by atoms with Gasteiger partial charge in [-0.3, -0.25) is 4.79 Å². The van der Waals surface area contributed by atoms with Gasteiger partial charge >= 0.3 is 0 Å². The van der Waals surface area contributed by atoms with Crippen LogP contribution in [0.2, 0.25) is 5.02 Å². The molecule has 0 atom stereocenters. The molecule has 3 aliphatic rings. The summed E-state index contributed by atoms with van der Waals surface area (Å²) >= 11 is 7.49.